The van der Waals surface area contributed by atoms with Gasteiger partial charge in [0.15, 0.2) is 0 Å². The summed E-state index contributed by atoms with van der Waals surface area (Å²) in [6.07, 6.45) is 0. The largest absolute Gasteiger partial charge is 0.381 e. The molecular weight excluding hydrogens is 274 g/mol. The molecule has 0 atom stereocenters. The van der Waals surface area contributed by atoms with Crippen molar-refractivity contribution in [3.63, 3.8) is 0 Å². The first-order valence-electron chi connectivity index (χ1n) is 6.24. The molecule has 0 radical (unpaired) electrons. The first-order valence-corrected chi connectivity index (χ1v) is 7.12. The molecule has 0 amide bonds. The van der Waals surface area contributed by atoms with E-state index in [1.54, 1.807) is 6.07 Å². The van der Waals surface area contributed by atoms with Crippen LogP contribution in [0.4, 0.5) is 10.7 Å². The lowest BCUT2D eigenvalue weighted by atomic mass is 10.2. The van der Waals surface area contributed by atoms with Gasteiger partial charge < -0.3 is 10.2 Å². The van der Waals surface area contributed by atoms with Crippen LogP contribution < -0.4 is 5.32 Å². The Morgan fingerprint density at radius 2 is 1.95 bits per heavy atom. The average molecular weight is 291 g/mol. The third-order valence-corrected chi connectivity index (χ3v) is 3.70. The van der Waals surface area contributed by atoms with Crippen molar-refractivity contribution < 1.29 is 4.92 Å². The van der Waals surface area contributed by atoms with Crippen LogP contribution in [0.3, 0.4) is 0 Å². The summed E-state index contributed by atoms with van der Waals surface area (Å²) in [6.45, 7) is 1.51. The maximum atomic E-state index is 10.6. The minimum absolute atomic E-state index is 0.183. The maximum Gasteiger partial charge on any atom is 0.324 e. The highest BCUT2D eigenvalue weighted by Crippen LogP contribution is 2.23. The van der Waals surface area contributed by atoms with Gasteiger partial charge in [-0.25, -0.2) is 0 Å². The number of hydrogen-bond acceptors (Lipinski definition) is 5. The second-order valence-corrected chi connectivity index (χ2v) is 5.73. The summed E-state index contributed by atoms with van der Waals surface area (Å²) in [5.74, 6) is 0. The SMILES string of the molecule is CN(C)Cc1ccc(NCc2csc([N+](=O)[O-])c2)cc1. The molecule has 0 saturated heterocycles. The summed E-state index contributed by atoms with van der Waals surface area (Å²) >= 11 is 1.16. The van der Waals surface area contributed by atoms with Gasteiger partial charge in [-0.15, -0.1) is 0 Å². The van der Waals surface area contributed by atoms with Crippen LogP contribution in [0, 0.1) is 10.1 Å². The third kappa shape index (κ3) is 4.04. The molecule has 20 heavy (non-hydrogen) atoms. The van der Waals surface area contributed by atoms with E-state index in [4.69, 9.17) is 0 Å². The Morgan fingerprint density at radius 3 is 2.50 bits per heavy atom. The molecule has 0 aliphatic rings. The molecule has 0 aliphatic carbocycles. The quantitative estimate of drug-likeness (QED) is 0.655. The van der Waals surface area contributed by atoms with E-state index in [0.29, 0.717) is 6.54 Å². The zero-order valence-electron chi connectivity index (χ0n) is 11.5. The highest BCUT2D eigenvalue weighted by Gasteiger charge is 2.09. The van der Waals surface area contributed by atoms with Crippen LogP contribution in [-0.2, 0) is 13.1 Å². The van der Waals surface area contributed by atoms with E-state index in [1.165, 1.54) is 5.56 Å². The lowest BCUT2D eigenvalue weighted by Gasteiger charge is -2.10. The molecule has 6 heteroatoms. The number of nitrogens with one attached hydrogen (secondary N) is 1. The van der Waals surface area contributed by atoms with Crippen LogP contribution in [0.1, 0.15) is 11.1 Å². The van der Waals surface area contributed by atoms with Crippen LogP contribution in [0.25, 0.3) is 0 Å². The van der Waals surface area contributed by atoms with Crippen molar-refractivity contribution in [3.05, 3.63) is 57.0 Å². The standard InChI is InChI=1S/C14H17N3O2S/c1-16(2)9-11-3-5-13(6-4-11)15-8-12-7-14(17(18)19)20-10-12/h3-7,10,15H,8-9H2,1-2H3. The topological polar surface area (TPSA) is 58.4 Å². The van der Waals surface area contributed by atoms with Gasteiger partial charge in [0, 0.05) is 30.2 Å². The summed E-state index contributed by atoms with van der Waals surface area (Å²) < 4.78 is 0. The van der Waals surface area contributed by atoms with Gasteiger partial charge in [-0.3, -0.25) is 10.1 Å². The normalized spacial score (nSPS) is 10.8. The number of anilines is 1. The van der Waals surface area contributed by atoms with Crippen LogP contribution in [0.2, 0.25) is 0 Å². The van der Waals surface area contributed by atoms with E-state index >= 15 is 0 Å². The molecule has 5 nitrogen and oxygen atoms in total. The smallest absolute Gasteiger partial charge is 0.324 e. The highest BCUT2D eigenvalue weighted by atomic mass is 32.1. The fourth-order valence-corrected chi connectivity index (χ4v) is 2.58. The van der Waals surface area contributed by atoms with E-state index in [1.807, 2.05) is 31.6 Å². The number of rotatable bonds is 6. The van der Waals surface area contributed by atoms with Crippen LogP contribution in [-0.4, -0.2) is 23.9 Å². The lowest BCUT2D eigenvalue weighted by molar-refractivity contribution is -0.380. The Hall–Kier alpha value is -1.92. The predicted octanol–water partition coefficient (Wildman–Crippen LogP) is 3.33. The molecule has 0 spiro atoms. The van der Waals surface area contributed by atoms with E-state index in [0.717, 1.165) is 29.1 Å². The Morgan fingerprint density at radius 1 is 1.25 bits per heavy atom. The average Bonchev–Trinajstić information content (AvgIpc) is 2.86. The van der Waals surface area contributed by atoms with E-state index in [-0.39, 0.29) is 9.92 Å². The summed E-state index contributed by atoms with van der Waals surface area (Å²) in [7, 11) is 4.07. The fraction of sp³-hybridized carbons (Fsp3) is 0.286. The van der Waals surface area contributed by atoms with Gasteiger partial charge in [0.05, 0.1) is 4.92 Å². The molecule has 1 aromatic carbocycles. The van der Waals surface area contributed by atoms with Gasteiger partial charge in [-0.2, -0.15) is 0 Å². The summed E-state index contributed by atoms with van der Waals surface area (Å²) in [5, 5.41) is 15.9. The van der Waals surface area contributed by atoms with Gasteiger partial charge in [0.2, 0.25) is 0 Å². The number of benzene rings is 1. The molecule has 0 saturated carbocycles. The molecule has 1 N–H and O–H groups in total. The van der Waals surface area contributed by atoms with Crippen molar-refractivity contribution in [2.45, 2.75) is 13.1 Å². The van der Waals surface area contributed by atoms with Crippen molar-refractivity contribution >= 4 is 22.0 Å². The Labute approximate surface area is 122 Å². The second kappa shape index (κ2) is 6.49. The highest BCUT2D eigenvalue weighted by molar-refractivity contribution is 7.13. The first-order chi connectivity index (χ1) is 9.54. The Bertz CT molecular complexity index is 578. The second-order valence-electron chi connectivity index (χ2n) is 4.84. The zero-order chi connectivity index (χ0) is 14.5. The zero-order valence-corrected chi connectivity index (χ0v) is 12.3. The molecular formula is C14H17N3O2S. The van der Waals surface area contributed by atoms with E-state index in [2.05, 4.69) is 22.3 Å². The van der Waals surface area contributed by atoms with Crippen molar-refractivity contribution in [2.75, 3.05) is 19.4 Å². The molecule has 1 heterocycles. The van der Waals surface area contributed by atoms with Crippen LogP contribution in [0.15, 0.2) is 35.7 Å². The number of nitrogens with zero attached hydrogens (tertiary/aromatic N) is 2. The van der Waals surface area contributed by atoms with E-state index < -0.39 is 0 Å². The summed E-state index contributed by atoms with van der Waals surface area (Å²) in [6, 6.07) is 9.83. The maximum absolute atomic E-state index is 10.6. The van der Waals surface area contributed by atoms with Gasteiger partial charge in [-0.1, -0.05) is 23.5 Å². The fourth-order valence-electron chi connectivity index (χ4n) is 1.85. The molecule has 106 valence electrons. The van der Waals surface area contributed by atoms with Gasteiger partial charge in [0.25, 0.3) is 0 Å². The monoisotopic (exact) mass is 291 g/mol. The Kier molecular flexibility index (Phi) is 4.70. The van der Waals surface area contributed by atoms with Gasteiger partial charge in [-0.05, 0) is 37.4 Å². The van der Waals surface area contributed by atoms with Crippen molar-refractivity contribution in [1.29, 1.82) is 0 Å². The minimum Gasteiger partial charge on any atom is -0.381 e. The number of thiophene rings is 1. The Balaban J connectivity index is 1.91. The van der Waals surface area contributed by atoms with Crippen LogP contribution >= 0.6 is 11.3 Å². The minimum atomic E-state index is -0.357. The molecule has 1 aromatic heterocycles. The molecule has 0 bridgehead atoms. The summed E-state index contributed by atoms with van der Waals surface area (Å²) in [4.78, 5) is 12.4. The lowest BCUT2D eigenvalue weighted by Crippen LogP contribution is -2.10. The first kappa shape index (κ1) is 14.5. The number of nitro groups is 1. The summed E-state index contributed by atoms with van der Waals surface area (Å²) in [5.41, 5.74) is 3.20. The van der Waals surface area contributed by atoms with E-state index in [9.17, 15) is 10.1 Å². The molecule has 0 unspecified atom stereocenters. The number of hydrogen-bond donors (Lipinski definition) is 1. The molecule has 2 rings (SSSR count). The molecule has 0 aliphatic heterocycles. The van der Waals surface area contributed by atoms with Crippen molar-refractivity contribution in [3.8, 4) is 0 Å². The molecule has 0 fully saturated rings. The molecule has 2 aromatic rings. The third-order valence-electron chi connectivity index (χ3n) is 2.77. The van der Waals surface area contributed by atoms with Crippen LogP contribution in [0.5, 0.6) is 0 Å². The van der Waals surface area contributed by atoms with Gasteiger partial charge in [0.1, 0.15) is 0 Å². The van der Waals surface area contributed by atoms with Gasteiger partial charge >= 0.3 is 5.00 Å². The predicted molar refractivity (Wildman–Crippen MR) is 82.1 cm³/mol. The van der Waals surface area contributed by atoms with Crippen molar-refractivity contribution in [1.82, 2.24) is 4.90 Å². The van der Waals surface area contributed by atoms with Crippen molar-refractivity contribution in [2.24, 2.45) is 0 Å².